The minimum atomic E-state index is 0.603. The molecule has 98 valence electrons. The summed E-state index contributed by atoms with van der Waals surface area (Å²) < 4.78 is 0.926. The van der Waals surface area contributed by atoms with Crippen molar-refractivity contribution in [2.75, 3.05) is 5.43 Å². The van der Waals surface area contributed by atoms with E-state index in [-0.39, 0.29) is 0 Å². The standard InChI is InChI=1S/C12H10BrClN4S/c13-6-1-2-7(9(14)3-6)11-16-10-5-19-4-8(10)12(17-11)18-15/h1-3H,4-5,15H2,(H,16,17,18). The van der Waals surface area contributed by atoms with Crippen molar-refractivity contribution >= 4 is 45.1 Å². The molecular weight excluding hydrogens is 348 g/mol. The Bertz CT molecular complexity index is 650. The minimum absolute atomic E-state index is 0.603. The molecule has 7 heteroatoms. The van der Waals surface area contributed by atoms with Crippen molar-refractivity contribution in [3.05, 3.63) is 39.0 Å². The van der Waals surface area contributed by atoms with E-state index in [2.05, 4.69) is 31.3 Å². The maximum atomic E-state index is 6.24. The molecule has 1 aromatic carbocycles. The topological polar surface area (TPSA) is 63.8 Å². The van der Waals surface area contributed by atoms with E-state index in [9.17, 15) is 0 Å². The molecule has 1 aliphatic rings. The predicted octanol–water partition coefficient (Wildman–Crippen LogP) is 3.59. The third-order valence-corrected chi connectivity index (χ3v) is 4.66. The van der Waals surface area contributed by atoms with Crippen molar-refractivity contribution in [1.29, 1.82) is 0 Å². The van der Waals surface area contributed by atoms with Gasteiger partial charge in [-0.25, -0.2) is 15.8 Å². The monoisotopic (exact) mass is 356 g/mol. The van der Waals surface area contributed by atoms with Gasteiger partial charge in [0.05, 0.1) is 10.7 Å². The smallest absolute Gasteiger partial charge is 0.163 e. The number of aromatic nitrogens is 2. The molecule has 0 unspecified atom stereocenters. The van der Waals surface area contributed by atoms with Gasteiger partial charge in [0.2, 0.25) is 0 Å². The van der Waals surface area contributed by atoms with Crippen LogP contribution in [-0.2, 0) is 11.5 Å². The van der Waals surface area contributed by atoms with Gasteiger partial charge >= 0.3 is 0 Å². The summed E-state index contributed by atoms with van der Waals surface area (Å²) >= 11 is 11.4. The van der Waals surface area contributed by atoms with E-state index < -0.39 is 0 Å². The molecule has 0 fully saturated rings. The van der Waals surface area contributed by atoms with Gasteiger partial charge in [0, 0.05) is 27.1 Å². The number of thioether (sulfide) groups is 1. The Hall–Kier alpha value is -0.820. The summed E-state index contributed by atoms with van der Waals surface area (Å²) in [5.74, 6) is 8.60. The average Bonchev–Trinajstić information content (AvgIpc) is 2.85. The Morgan fingerprint density at radius 1 is 1.32 bits per heavy atom. The van der Waals surface area contributed by atoms with E-state index in [4.69, 9.17) is 17.4 Å². The SMILES string of the molecule is NNc1nc(-c2ccc(Br)cc2Cl)nc2c1CSC2. The zero-order valence-corrected chi connectivity index (χ0v) is 12.9. The van der Waals surface area contributed by atoms with E-state index in [0.717, 1.165) is 32.8 Å². The lowest BCUT2D eigenvalue weighted by Gasteiger charge is -2.10. The number of fused-ring (bicyclic) bond motifs is 1. The predicted molar refractivity (Wildman–Crippen MR) is 83.0 cm³/mol. The number of nitrogens with zero attached hydrogens (tertiary/aromatic N) is 2. The zero-order chi connectivity index (χ0) is 13.4. The number of rotatable bonds is 2. The summed E-state index contributed by atoms with van der Waals surface area (Å²) in [5, 5.41) is 0.614. The number of benzene rings is 1. The van der Waals surface area contributed by atoms with Gasteiger partial charge in [-0.05, 0) is 18.2 Å². The van der Waals surface area contributed by atoms with E-state index in [1.165, 1.54) is 0 Å². The number of hydrogen-bond donors (Lipinski definition) is 2. The maximum absolute atomic E-state index is 6.24. The highest BCUT2D eigenvalue weighted by Crippen LogP contribution is 2.35. The molecule has 0 amide bonds. The summed E-state index contributed by atoms with van der Waals surface area (Å²) in [4.78, 5) is 9.06. The van der Waals surface area contributed by atoms with Crippen LogP contribution in [0.2, 0.25) is 5.02 Å². The molecule has 0 atom stereocenters. The maximum Gasteiger partial charge on any atom is 0.163 e. The normalized spacial score (nSPS) is 13.4. The summed E-state index contributed by atoms with van der Waals surface area (Å²) in [6, 6.07) is 5.65. The molecule has 0 saturated heterocycles. The Balaban J connectivity index is 2.15. The van der Waals surface area contributed by atoms with Gasteiger partial charge in [-0.2, -0.15) is 11.8 Å². The third-order valence-electron chi connectivity index (χ3n) is 2.89. The first-order valence-electron chi connectivity index (χ1n) is 5.58. The van der Waals surface area contributed by atoms with Crippen LogP contribution in [0.1, 0.15) is 11.3 Å². The fraction of sp³-hybridized carbons (Fsp3) is 0.167. The van der Waals surface area contributed by atoms with Crippen LogP contribution in [0.3, 0.4) is 0 Å². The summed E-state index contributed by atoms with van der Waals surface area (Å²) in [7, 11) is 0. The molecule has 2 aromatic rings. The first-order chi connectivity index (χ1) is 9.19. The lowest BCUT2D eigenvalue weighted by Crippen LogP contribution is -2.12. The molecular formula is C12H10BrClN4S. The molecule has 2 heterocycles. The Morgan fingerprint density at radius 2 is 2.16 bits per heavy atom. The largest absolute Gasteiger partial charge is 0.308 e. The van der Waals surface area contributed by atoms with Crippen LogP contribution in [0.25, 0.3) is 11.4 Å². The molecule has 0 radical (unpaired) electrons. The van der Waals surface area contributed by atoms with Crippen molar-refractivity contribution < 1.29 is 0 Å². The quantitative estimate of drug-likeness (QED) is 0.635. The van der Waals surface area contributed by atoms with Crippen LogP contribution in [-0.4, -0.2) is 9.97 Å². The second-order valence-electron chi connectivity index (χ2n) is 4.08. The first-order valence-corrected chi connectivity index (χ1v) is 7.91. The van der Waals surface area contributed by atoms with Gasteiger partial charge in [0.25, 0.3) is 0 Å². The van der Waals surface area contributed by atoms with E-state index in [0.29, 0.717) is 16.7 Å². The zero-order valence-electron chi connectivity index (χ0n) is 9.78. The van der Waals surface area contributed by atoms with Crippen molar-refractivity contribution in [2.45, 2.75) is 11.5 Å². The molecule has 3 N–H and O–H groups in total. The van der Waals surface area contributed by atoms with Crippen LogP contribution < -0.4 is 11.3 Å². The van der Waals surface area contributed by atoms with Gasteiger partial charge in [0.1, 0.15) is 5.82 Å². The number of nitrogens with one attached hydrogen (secondary N) is 1. The van der Waals surface area contributed by atoms with Crippen LogP contribution in [0, 0.1) is 0 Å². The van der Waals surface area contributed by atoms with Gasteiger partial charge in [-0.3, -0.25) is 0 Å². The molecule has 0 aliphatic carbocycles. The summed E-state index contributed by atoms with van der Waals surface area (Å²) in [5.41, 5.74) is 5.58. The first kappa shape index (κ1) is 13.2. The number of hydrogen-bond acceptors (Lipinski definition) is 5. The van der Waals surface area contributed by atoms with E-state index in [1.54, 1.807) is 11.8 Å². The lowest BCUT2D eigenvalue weighted by molar-refractivity contribution is 1.06. The van der Waals surface area contributed by atoms with Gasteiger partial charge in [-0.15, -0.1) is 0 Å². The Morgan fingerprint density at radius 3 is 2.89 bits per heavy atom. The lowest BCUT2D eigenvalue weighted by atomic mass is 10.2. The van der Waals surface area contributed by atoms with E-state index >= 15 is 0 Å². The molecule has 3 rings (SSSR count). The van der Waals surface area contributed by atoms with Crippen LogP contribution in [0.4, 0.5) is 5.82 Å². The highest BCUT2D eigenvalue weighted by Gasteiger charge is 2.20. The third kappa shape index (κ3) is 2.45. The second kappa shape index (κ2) is 5.28. The number of anilines is 1. The van der Waals surface area contributed by atoms with Crippen molar-refractivity contribution in [2.24, 2.45) is 5.84 Å². The molecule has 1 aliphatic heterocycles. The van der Waals surface area contributed by atoms with Crippen molar-refractivity contribution in [3.8, 4) is 11.4 Å². The van der Waals surface area contributed by atoms with Crippen LogP contribution >= 0.6 is 39.3 Å². The van der Waals surface area contributed by atoms with Gasteiger partial charge < -0.3 is 5.43 Å². The summed E-state index contributed by atoms with van der Waals surface area (Å²) in [6.07, 6.45) is 0. The number of hydrazine groups is 1. The number of nitrogens with two attached hydrogens (primary N) is 1. The Labute approximate surface area is 128 Å². The number of halogens is 2. The van der Waals surface area contributed by atoms with Crippen molar-refractivity contribution in [3.63, 3.8) is 0 Å². The highest BCUT2D eigenvalue weighted by atomic mass is 79.9. The van der Waals surface area contributed by atoms with Gasteiger partial charge in [0.15, 0.2) is 5.82 Å². The fourth-order valence-corrected chi connectivity index (χ4v) is 3.76. The number of nitrogen functional groups attached to an aromatic ring is 1. The highest BCUT2D eigenvalue weighted by molar-refractivity contribution is 9.10. The average molecular weight is 358 g/mol. The van der Waals surface area contributed by atoms with Crippen molar-refractivity contribution in [1.82, 2.24) is 9.97 Å². The van der Waals surface area contributed by atoms with Gasteiger partial charge in [-0.1, -0.05) is 27.5 Å². The molecule has 1 aromatic heterocycles. The molecule has 0 saturated carbocycles. The van der Waals surface area contributed by atoms with Crippen LogP contribution in [0.15, 0.2) is 22.7 Å². The molecule has 0 bridgehead atoms. The second-order valence-corrected chi connectivity index (χ2v) is 6.39. The Kier molecular flexibility index (Phi) is 3.66. The molecule has 19 heavy (non-hydrogen) atoms. The minimum Gasteiger partial charge on any atom is -0.308 e. The van der Waals surface area contributed by atoms with E-state index in [1.807, 2.05) is 18.2 Å². The molecule has 4 nitrogen and oxygen atoms in total. The fourth-order valence-electron chi connectivity index (χ4n) is 1.96. The summed E-state index contributed by atoms with van der Waals surface area (Å²) in [6.45, 7) is 0. The van der Waals surface area contributed by atoms with Crippen LogP contribution in [0.5, 0.6) is 0 Å². The molecule has 0 spiro atoms.